The predicted octanol–water partition coefficient (Wildman–Crippen LogP) is 1.71. The molecule has 1 unspecified atom stereocenters. The number of nitrogens with zero attached hydrogens (tertiary/aromatic N) is 1. The molecule has 1 N–H and O–H groups in total. The highest BCUT2D eigenvalue weighted by Gasteiger charge is 2.38. The van der Waals surface area contributed by atoms with Gasteiger partial charge in [0.05, 0.1) is 0 Å². The number of carbonyl (C=O) groups excluding carboxylic acids is 1. The minimum absolute atomic E-state index is 0.173. The first-order valence-electron chi connectivity index (χ1n) is 5.45. The molecule has 18 heavy (non-hydrogen) atoms. The van der Waals surface area contributed by atoms with Crippen molar-refractivity contribution in [3.8, 4) is 0 Å². The van der Waals surface area contributed by atoms with Gasteiger partial charge in [-0.05, 0) is 18.9 Å². The molecule has 6 heteroatoms. The molecular weight excluding hydrogens is 244 g/mol. The van der Waals surface area contributed by atoms with Crippen LogP contribution in [0.4, 0.5) is 8.78 Å². The molecule has 1 amide bonds. The van der Waals surface area contributed by atoms with Crippen molar-refractivity contribution in [1.82, 2.24) is 4.90 Å². The Balaban J connectivity index is 2.40. The van der Waals surface area contributed by atoms with E-state index in [0.717, 1.165) is 17.0 Å². The molecule has 1 aromatic rings. The summed E-state index contributed by atoms with van der Waals surface area (Å²) in [5, 5.41) is 9.14. The van der Waals surface area contributed by atoms with Gasteiger partial charge in [-0.15, -0.1) is 0 Å². The highest BCUT2D eigenvalue weighted by atomic mass is 19.1. The summed E-state index contributed by atoms with van der Waals surface area (Å²) in [6, 6.07) is 1.07. The number of rotatable bonds is 5. The van der Waals surface area contributed by atoms with Gasteiger partial charge in [-0.25, -0.2) is 13.6 Å². The van der Waals surface area contributed by atoms with Crippen molar-refractivity contribution >= 4 is 12.4 Å². The van der Waals surface area contributed by atoms with Gasteiger partial charge in [0.1, 0.15) is 11.6 Å². The molecule has 2 rings (SSSR count). The van der Waals surface area contributed by atoms with E-state index in [1.165, 1.54) is 0 Å². The maximum absolute atomic E-state index is 13.6. The first-order chi connectivity index (χ1) is 8.54. The second kappa shape index (κ2) is 4.72. The van der Waals surface area contributed by atoms with Crippen molar-refractivity contribution in [2.45, 2.75) is 24.9 Å². The molecule has 0 heterocycles. The minimum atomic E-state index is -1.41. The highest BCUT2D eigenvalue weighted by Crippen LogP contribution is 2.34. The van der Waals surface area contributed by atoms with Crippen LogP contribution in [0.1, 0.15) is 24.4 Å². The molecule has 0 radical (unpaired) electrons. The number of amides is 1. The normalized spacial score (nSPS) is 16.1. The van der Waals surface area contributed by atoms with E-state index in [-0.39, 0.29) is 11.6 Å². The van der Waals surface area contributed by atoms with E-state index in [0.29, 0.717) is 25.3 Å². The van der Waals surface area contributed by atoms with E-state index < -0.39 is 23.6 Å². The summed E-state index contributed by atoms with van der Waals surface area (Å²) in [4.78, 5) is 23.2. The van der Waals surface area contributed by atoms with E-state index in [1.54, 1.807) is 0 Å². The van der Waals surface area contributed by atoms with Crippen LogP contribution in [0.5, 0.6) is 0 Å². The van der Waals surface area contributed by atoms with Crippen LogP contribution in [0.3, 0.4) is 0 Å². The lowest BCUT2D eigenvalue weighted by Crippen LogP contribution is -2.35. The molecule has 1 aliphatic rings. The van der Waals surface area contributed by atoms with E-state index in [4.69, 9.17) is 5.11 Å². The van der Waals surface area contributed by atoms with Crippen molar-refractivity contribution < 1.29 is 23.5 Å². The van der Waals surface area contributed by atoms with Gasteiger partial charge >= 0.3 is 5.97 Å². The third-order valence-electron chi connectivity index (χ3n) is 2.88. The molecular formula is C12H11F2NO3. The van der Waals surface area contributed by atoms with Crippen molar-refractivity contribution in [3.63, 3.8) is 0 Å². The van der Waals surface area contributed by atoms with Crippen molar-refractivity contribution in [2.75, 3.05) is 0 Å². The minimum Gasteiger partial charge on any atom is -0.479 e. The van der Waals surface area contributed by atoms with E-state index in [9.17, 15) is 18.4 Å². The summed E-state index contributed by atoms with van der Waals surface area (Å²) in [6.45, 7) is 0. The fraction of sp³-hybridized carbons (Fsp3) is 0.333. The molecule has 1 atom stereocenters. The Labute approximate surface area is 102 Å². The predicted molar refractivity (Wildman–Crippen MR) is 57.7 cm³/mol. The monoisotopic (exact) mass is 255 g/mol. The maximum atomic E-state index is 13.6. The summed E-state index contributed by atoms with van der Waals surface area (Å²) in [6.07, 6.45) is 1.80. The Hall–Kier alpha value is -1.98. The lowest BCUT2D eigenvalue weighted by molar-refractivity contribution is -0.147. The molecule has 1 aromatic carbocycles. The Bertz CT molecular complexity index is 488. The summed E-state index contributed by atoms with van der Waals surface area (Å²) in [5.41, 5.74) is -0.206. The van der Waals surface area contributed by atoms with Gasteiger partial charge in [-0.1, -0.05) is 6.07 Å². The Morgan fingerprint density at radius 2 is 2.11 bits per heavy atom. The van der Waals surface area contributed by atoms with Gasteiger partial charge in [-0.2, -0.15) is 0 Å². The number of carboxylic acids is 1. The molecule has 0 saturated heterocycles. The lowest BCUT2D eigenvalue weighted by atomic mass is 10.0. The van der Waals surface area contributed by atoms with Gasteiger partial charge < -0.3 is 10.0 Å². The fourth-order valence-electron chi connectivity index (χ4n) is 1.87. The molecule has 1 fully saturated rings. The molecule has 1 saturated carbocycles. The summed E-state index contributed by atoms with van der Waals surface area (Å²) >= 11 is 0. The molecule has 4 nitrogen and oxygen atoms in total. The zero-order valence-corrected chi connectivity index (χ0v) is 9.35. The molecule has 1 aliphatic carbocycles. The summed E-state index contributed by atoms with van der Waals surface area (Å²) < 4.78 is 26.4. The number of halogens is 2. The smallest absolute Gasteiger partial charge is 0.331 e. The average molecular weight is 255 g/mol. The molecule has 0 spiro atoms. The number of hydrogen-bond acceptors (Lipinski definition) is 2. The molecule has 0 aliphatic heterocycles. The van der Waals surface area contributed by atoms with Crippen LogP contribution in [0, 0.1) is 11.6 Å². The first kappa shape index (κ1) is 12.5. The SMILES string of the molecule is O=CN(C1CC1)C(C(=O)O)c1ccc(F)cc1F. The van der Waals surface area contributed by atoms with Crippen LogP contribution >= 0.6 is 0 Å². The summed E-state index contributed by atoms with van der Waals surface area (Å²) in [5.74, 6) is -3.08. The van der Waals surface area contributed by atoms with Crippen molar-refractivity contribution in [2.24, 2.45) is 0 Å². The highest BCUT2D eigenvalue weighted by molar-refractivity contribution is 5.78. The summed E-state index contributed by atoms with van der Waals surface area (Å²) in [7, 11) is 0. The number of hydrogen-bond donors (Lipinski definition) is 1. The van der Waals surface area contributed by atoms with Gasteiger partial charge in [-0.3, -0.25) is 4.79 Å². The Kier molecular flexibility index (Phi) is 3.27. The van der Waals surface area contributed by atoms with Crippen molar-refractivity contribution in [3.05, 3.63) is 35.4 Å². The molecule has 0 bridgehead atoms. The molecule has 0 aromatic heterocycles. The van der Waals surface area contributed by atoms with Crippen molar-refractivity contribution in [1.29, 1.82) is 0 Å². The third-order valence-corrected chi connectivity index (χ3v) is 2.88. The number of carbonyl (C=O) groups is 2. The van der Waals surface area contributed by atoms with Gasteiger partial charge in [0.25, 0.3) is 0 Å². The van der Waals surface area contributed by atoms with Gasteiger partial charge in [0, 0.05) is 17.7 Å². The quantitative estimate of drug-likeness (QED) is 0.815. The van der Waals surface area contributed by atoms with E-state index >= 15 is 0 Å². The standard InChI is InChI=1S/C12H11F2NO3/c13-7-1-4-9(10(14)5-7)11(12(17)18)15(6-16)8-2-3-8/h1,4-6,8,11H,2-3H2,(H,17,18). The van der Waals surface area contributed by atoms with E-state index in [1.807, 2.05) is 0 Å². The Morgan fingerprint density at radius 3 is 2.56 bits per heavy atom. The fourth-order valence-corrected chi connectivity index (χ4v) is 1.87. The van der Waals surface area contributed by atoms with Crippen LogP contribution in [0.15, 0.2) is 18.2 Å². The number of aliphatic carboxylic acids is 1. The number of carboxylic acid groups (broad SMARTS) is 1. The van der Waals surface area contributed by atoms with Gasteiger partial charge in [0.15, 0.2) is 6.04 Å². The maximum Gasteiger partial charge on any atom is 0.331 e. The lowest BCUT2D eigenvalue weighted by Gasteiger charge is -2.25. The zero-order valence-electron chi connectivity index (χ0n) is 9.35. The Morgan fingerprint density at radius 1 is 1.44 bits per heavy atom. The topological polar surface area (TPSA) is 57.6 Å². The van der Waals surface area contributed by atoms with Crippen LogP contribution in [-0.2, 0) is 9.59 Å². The largest absolute Gasteiger partial charge is 0.479 e. The zero-order chi connectivity index (χ0) is 13.3. The second-order valence-corrected chi connectivity index (χ2v) is 4.19. The number of benzene rings is 1. The third kappa shape index (κ3) is 2.32. The average Bonchev–Trinajstić information content (AvgIpc) is 3.10. The first-order valence-corrected chi connectivity index (χ1v) is 5.45. The van der Waals surface area contributed by atoms with Gasteiger partial charge in [0.2, 0.25) is 6.41 Å². The second-order valence-electron chi connectivity index (χ2n) is 4.19. The molecule has 96 valence electrons. The van der Waals surface area contributed by atoms with Crippen LogP contribution in [-0.4, -0.2) is 28.4 Å². The van der Waals surface area contributed by atoms with Crippen LogP contribution in [0.2, 0.25) is 0 Å². The van der Waals surface area contributed by atoms with E-state index in [2.05, 4.69) is 0 Å². The van der Waals surface area contributed by atoms with Crippen LogP contribution in [0.25, 0.3) is 0 Å². The van der Waals surface area contributed by atoms with Crippen LogP contribution < -0.4 is 0 Å².